The van der Waals surface area contributed by atoms with Gasteiger partial charge in [-0.25, -0.2) is 14.4 Å². The average Bonchev–Trinajstić information content (AvgIpc) is 2.44. The number of benzene rings is 1. The number of aromatic nitrogens is 2. The maximum absolute atomic E-state index is 13.1. The first-order valence-electron chi connectivity index (χ1n) is 5.75. The first-order chi connectivity index (χ1) is 9.70. The summed E-state index contributed by atoms with van der Waals surface area (Å²) in [5.74, 6) is 0.145. The molecule has 7 heteroatoms. The minimum Gasteiger partial charge on any atom is -0.472 e. The van der Waals surface area contributed by atoms with Crippen LogP contribution in [-0.4, -0.2) is 23.3 Å². The Hall–Kier alpha value is -2.70. The number of rotatable bonds is 5. The Kier molecular flexibility index (Phi) is 4.43. The monoisotopic (exact) mass is 276 g/mol. The molecule has 0 unspecified atom stereocenters. The van der Waals surface area contributed by atoms with E-state index in [1.54, 1.807) is 12.1 Å². The van der Waals surface area contributed by atoms with Crippen molar-refractivity contribution in [1.82, 2.24) is 9.97 Å². The van der Waals surface area contributed by atoms with Crippen molar-refractivity contribution in [1.29, 1.82) is 0 Å². The van der Waals surface area contributed by atoms with Crippen molar-refractivity contribution in [2.24, 2.45) is 5.16 Å². The van der Waals surface area contributed by atoms with Gasteiger partial charge in [-0.2, -0.15) is 0 Å². The van der Waals surface area contributed by atoms with Gasteiger partial charge in [0.15, 0.2) is 0 Å². The van der Waals surface area contributed by atoms with Crippen molar-refractivity contribution in [3.05, 3.63) is 47.5 Å². The number of ether oxygens (including phenoxy) is 1. The van der Waals surface area contributed by atoms with Crippen LogP contribution >= 0.6 is 0 Å². The van der Waals surface area contributed by atoms with Crippen LogP contribution in [-0.2, 0) is 11.4 Å². The molecule has 0 bridgehead atoms. The molecule has 1 aromatic heterocycles. The van der Waals surface area contributed by atoms with Gasteiger partial charge in [0.05, 0.1) is 6.21 Å². The summed E-state index contributed by atoms with van der Waals surface area (Å²) in [6, 6.07) is 6.10. The lowest BCUT2D eigenvalue weighted by Gasteiger charge is -2.08. The van der Waals surface area contributed by atoms with Crippen LogP contribution in [0, 0.1) is 5.82 Å². The van der Waals surface area contributed by atoms with Gasteiger partial charge in [-0.1, -0.05) is 17.3 Å². The zero-order valence-electron chi connectivity index (χ0n) is 10.8. The molecule has 0 aliphatic heterocycles. The van der Waals surface area contributed by atoms with E-state index in [-0.39, 0.29) is 24.1 Å². The lowest BCUT2D eigenvalue weighted by atomic mass is 10.2. The number of nitrogens with two attached hydrogens (primary N) is 1. The van der Waals surface area contributed by atoms with Crippen LogP contribution in [0.2, 0.25) is 0 Å². The molecule has 0 aliphatic rings. The van der Waals surface area contributed by atoms with Crippen molar-refractivity contribution in [3.8, 4) is 5.88 Å². The molecule has 0 saturated heterocycles. The molecular weight excluding hydrogens is 263 g/mol. The molecular formula is C13H13FN4O2. The third-order valence-electron chi connectivity index (χ3n) is 2.43. The topological polar surface area (TPSA) is 82.6 Å². The fourth-order valence-electron chi connectivity index (χ4n) is 1.51. The number of hydrogen-bond donors (Lipinski definition) is 1. The SMILES string of the molecule is CON=Cc1c(N)ncnc1OCc1cccc(F)c1. The van der Waals surface area contributed by atoms with Crippen LogP contribution in [0.4, 0.5) is 10.2 Å². The predicted octanol–water partition coefficient (Wildman–Crippen LogP) is 1.76. The smallest absolute Gasteiger partial charge is 0.228 e. The van der Waals surface area contributed by atoms with Gasteiger partial charge in [0, 0.05) is 0 Å². The molecule has 6 nitrogen and oxygen atoms in total. The molecule has 0 saturated carbocycles. The number of oxime groups is 1. The van der Waals surface area contributed by atoms with Crippen LogP contribution in [0.25, 0.3) is 0 Å². The Morgan fingerprint density at radius 1 is 1.40 bits per heavy atom. The van der Waals surface area contributed by atoms with E-state index in [1.165, 1.54) is 31.8 Å². The number of nitrogens with zero attached hydrogens (tertiary/aromatic N) is 3. The van der Waals surface area contributed by atoms with E-state index in [1.807, 2.05) is 0 Å². The number of anilines is 1. The van der Waals surface area contributed by atoms with Gasteiger partial charge >= 0.3 is 0 Å². The van der Waals surface area contributed by atoms with Crippen LogP contribution in [0.3, 0.4) is 0 Å². The summed E-state index contributed by atoms with van der Waals surface area (Å²) in [6.45, 7) is 0.155. The predicted molar refractivity (Wildman–Crippen MR) is 71.8 cm³/mol. The molecule has 1 aromatic carbocycles. The molecule has 2 N–H and O–H groups in total. The summed E-state index contributed by atoms with van der Waals surface area (Å²) >= 11 is 0. The highest BCUT2D eigenvalue weighted by molar-refractivity contribution is 5.87. The van der Waals surface area contributed by atoms with Gasteiger partial charge in [0.25, 0.3) is 0 Å². The van der Waals surface area contributed by atoms with Gasteiger partial charge in [-0.05, 0) is 17.7 Å². The molecule has 2 aromatic rings. The Balaban J connectivity index is 2.17. The lowest BCUT2D eigenvalue weighted by Crippen LogP contribution is -2.05. The highest BCUT2D eigenvalue weighted by atomic mass is 19.1. The van der Waals surface area contributed by atoms with E-state index in [2.05, 4.69) is 20.0 Å². The van der Waals surface area contributed by atoms with Gasteiger partial charge in [0.1, 0.15) is 37.2 Å². The molecule has 0 fully saturated rings. The van der Waals surface area contributed by atoms with Crippen LogP contribution < -0.4 is 10.5 Å². The number of hydrogen-bond acceptors (Lipinski definition) is 6. The molecule has 104 valence electrons. The third-order valence-corrected chi connectivity index (χ3v) is 2.43. The summed E-state index contributed by atoms with van der Waals surface area (Å²) in [7, 11) is 1.41. The molecule has 1 heterocycles. The van der Waals surface area contributed by atoms with Crippen molar-refractivity contribution in [2.45, 2.75) is 6.61 Å². The Morgan fingerprint density at radius 3 is 3.00 bits per heavy atom. The van der Waals surface area contributed by atoms with Crippen LogP contribution in [0.5, 0.6) is 5.88 Å². The van der Waals surface area contributed by atoms with E-state index in [0.717, 1.165) is 0 Å². The lowest BCUT2D eigenvalue weighted by molar-refractivity contribution is 0.215. The van der Waals surface area contributed by atoms with Crippen molar-refractivity contribution >= 4 is 12.0 Å². The summed E-state index contributed by atoms with van der Waals surface area (Å²) < 4.78 is 18.6. The quantitative estimate of drug-likeness (QED) is 0.664. The van der Waals surface area contributed by atoms with Gasteiger partial charge in [-0.15, -0.1) is 0 Å². The molecule has 0 aliphatic carbocycles. The maximum atomic E-state index is 13.1. The Labute approximate surface area is 115 Å². The average molecular weight is 276 g/mol. The largest absolute Gasteiger partial charge is 0.472 e. The van der Waals surface area contributed by atoms with Crippen LogP contribution in [0.1, 0.15) is 11.1 Å². The highest BCUT2D eigenvalue weighted by Gasteiger charge is 2.09. The molecule has 0 radical (unpaired) electrons. The number of halogens is 1. The zero-order valence-corrected chi connectivity index (χ0v) is 10.8. The minimum atomic E-state index is -0.325. The normalized spacial score (nSPS) is 10.7. The van der Waals surface area contributed by atoms with Gasteiger partial charge in [-0.3, -0.25) is 0 Å². The maximum Gasteiger partial charge on any atom is 0.228 e. The molecule has 0 amide bonds. The second-order valence-electron chi connectivity index (χ2n) is 3.81. The van der Waals surface area contributed by atoms with E-state index in [9.17, 15) is 4.39 Å². The van der Waals surface area contributed by atoms with Crippen molar-refractivity contribution in [2.75, 3.05) is 12.8 Å². The summed E-state index contributed by atoms with van der Waals surface area (Å²) in [5.41, 5.74) is 6.80. The molecule has 20 heavy (non-hydrogen) atoms. The minimum absolute atomic E-state index is 0.155. The molecule has 2 rings (SSSR count). The van der Waals surface area contributed by atoms with E-state index in [4.69, 9.17) is 10.5 Å². The van der Waals surface area contributed by atoms with E-state index in [0.29, 0.717) is 11.1 Å². The van der Waals surface area contributed by atoms with Crippen molar-refractivity contribution in [3.63, 3.8) is 0 Å². The Bertz CT molecular complexity index is 619. The zero-order chi connectivity index (χ0) is 14.4. The van der Waals surface area contributed by atoms with E-state index >= 15 is 0 Å². The molecule has 0 atom stereocenters. The first kappa shape index (κ1) is 13.7. The van der Waals surface area contributed by atoms with Crippen LogP contribution in [0.15, 0.2) is 35.7 Å². The third kappa shape index (κ3) is 3.41. The first-order valence-corrected chi connectivity index (χ1v) is 5.75. The Morgan fingerprint density at radius 2 is 2.25 bits per heavy atom. The number of nitrogen functional groups attached to an aromatic ring is 1. The fraction of sp³-hybridized carbons (Fsp3) is 0.154. The van der Waals surface area contributed by atoms with Gasteiger partial charge in [0.2, 0.25) is 5.88 Å². The summed E-state index contributed by atoms with van der Waals surface area (Å²) in [4.78, 5) is 12.4. The molecule has 0 spiro atoms. The second kappa shape index (κ2) is 6.46. The van der Waals surface area contributed by atoms with Gasteiger partial charge < -0.3 is 15.3 Å². The van der Waals surface area contributed by atoms with E-state index < -0.39 is 0 Å². The summed E-state index contributed by atoms with van der Waals surface area (Å²) in [5, 5.41) is 3.61. The summed E-state index contributed by atoms with van der Waals surface area (Å²) in [6.07, 6.45) is 2.64. The highest BCUT2D eigenvalue weighted by Crippen LogP contribution is 2.18. The second-order valence-corrected chi connectivity index (χ2v) is 3.81. The fourth-order valence-corrected chi connectivity index (χ4v) is 1.51. The standard InChI is InChI=1S/C13H13FN4O2/c1-19-18-6-11-12(15)16-8-17-13(11)20-7-9-3-2-4-10(14)5-9/h2-6,8H,7H2,1H3,(H2,15,16,17). The van der Waals surface area contributed by atoms with Crippen molar-refractivity contribution < 1.29 is 14.0 Å².